The molecule has 0 saturated carbocycles. The number of pyridine rings is 1. The van der Waals surface area contributed by atoms with Gasteiger partial charge in [-0.3, -0.25) is 29.1 Å². The summed E-state index contributed by atoms with van der Waals surface area (Å²) in [6.45, 7) is 11.6. The smallest absolute Gasteiger partial charge is 0.657 e. The zero-order valence-corrected chi connectivity index (χ0v) is 37.8. The monoisotopic (exact) mass is 938 g/mol. The van der Waals surface area contributed by atoms with Crippen LogP contribution in [0.1, 0.15) is 137 Å². The van der Waals surface area contributed by atoms with Gasteiger partial charge in [0.05, 0.1) is 26.2 Å². The largest absolute Gasteiger partial charge is 2.00 e. The standard InChI is InChI=1S/C46H58N8O7.Pd/c1-8-30-24(2)33-21-38-42(28(6)56)26(4)35(52-38)19-34-25(3)31(13-14-40(58)49-17-11-16-48-39-12-9-10-15-47-39)44(53-34)32(18-41(59)61-7)45-43(46(60)50-22-29(57)23-55)27(5)36(54-45)20-37(30)51-33;/h9-10,12,15,19-21,24-25,29-31,55,57H,8,11,13-14,16-18,22-23H2,1-7H3,(H5,47,48,49,50,51,52,53,54,56,58,60);/q;+2/p-2/t24-,25+,29?,30-,31+;/m1./s1. The van der Waals surface area contributed by atoms with E-state index in [1.165, 1.54) is 14.0 Å². The number of methoxy groups -OCH3 is 1. The Morgan fingerprint density at radius 2 is 1.56 bits per heavy atom. The molecule has 16 heteroatoms. The van der Waals surface area contributed by atoms with Crippen molar-refractivity contribution in [2.45, 2.75) is 103 Å². The van der Waals surface area contributed by atoms with Crippen LogP contribution in [0, 0.1) is 13.8 Å². The number of carbonyl (C=O) groups excluding carboxylic acids is 4. The van der Waals surface area contributed by atoms with Crippen molar-refractivity contribution >= 4 is 51.5 Å². The number of nitrogens with one attached hydrogen (secondary N) is 3. The molecule has 0 fully saturated rings. The number of carbonyl (C=O) groups is 4. The van der Waals surface area contributed by atoms with E-state index in [1.54, 1.807) is 13.1 Å². The number of aliphatic hydroxyl groups is 2. The number of amides is 2. The van der Waals surface area contributed by atoms with Crippen molar-refractivity contribution in [2.24, 2.45) is 0 Å². The second kappa shape index (κ2) is 21.2. The molecule has 6 heterocycles. The van der Waals surface area contributed by atoms with E-state index in [9.17, 15) is 29.4 Å². The molecular formula is C46H56N8O7Pd. The number of aliphatic hydroxyl groups excluding tert-OH is 2. The molecule has 5 N–H and O–H groups in total. The molecule has 1 unspecified atom stereocenters. The molecule has 5 atom stereocenters. The van der Waals surface area contributed by atoms with Crippen molar-refractivity contribution in [3.8, 4) is 0 Å². The molecule has 0 aromatic carbocycles. The van der Waals surface area contributed by atoms with Crippen LogP contribution in [-0.4, -0.2) is 88.2 Å². The van der Waals surface area contributed by atoms with E-state index in [4.69, 9.17) is 24.7 Å². The molecule has 2 aliphatic rings. The van der Waals surface area contributed by atoms with Gasteiger partial charge in [-0.05, 0) is 57.7 Å². The molecule has 62 heavy (non-hydrogen) atoms. The summed E-state index contributed by atoms with van der Waals surface area (Å²) in [5, 5.41) is 28.7. The Hall–Kier alpha value is -5.27. The molecule has 0 aliphatic carbocycles. The Balaban J connectivity index is 0.00000726. The minimum absolute atomic E-state index is 0. The summed E-state index contributed by atoms with van der Waals surface area (Å²) in [4.78, 5) is 78.7. The quantitative estimate of drug-likeness (QED) is 0.0425. The summed E-state index contributed by atoms with van der Waals surface area (Å²) < 4.78 is 5.21. The Bertz CT molecular complexity index is 2450. The third-order valence-electron chi connectivity index (χ3n) is 11.9. The summed E-state index contributed by atoms with van der Waals surface area (Å²) in [5.74, 6) is -1.39. The Morgan fingerprint density at radius 1 is 0.887 bits per heavy atom. The molecule has 2 aliphatic heterocycles. The van der Waals surface area contributed by atoms with Gasteiger partial charge in [0.2, 0.25) is 11.8 Å². The van der Waals surface area contributed by atoms with Gasteiger partial charge >= 0.3 is 26.4 Å². The number of fused-ring (bicyclic) bond motifs is 8. The van der Waals surface area contributed by atoms with Crippen LogP contribution in [0.3, 0.4) is 0 Å². The van der Waals surface area contributed by atoms with Crippen LogP contribution in [0.2, 0.25) is 0 Å². The van der Waals surface area contributed by atoms with Crippen LogP contribution in [0.15, 0.2) is 42.6 Å². The molecule has 332 valence electrons. The number of Topliss-reactive ketones (excluding diaryl/α,β-unsaturated/α-hetero) is 1. The normalized spacial score (nSPS) is 17.4. The first-order valence-electron chi connectivity index (χ1n) is 21.0. The number of hydrogen-bond acceptors (Lipinski definition) is 11. The average molecular weight is 939 g/mol. The number of ether oxygens (including phenoxy) is 1. The SMILES string of the molecule is CC[C@H]1c2cc3[n-]c(c(CC(=O)OC)c4nc(cc5[n-]c(cc(n2)[C@@H]1C)c(C(C)=O)c5C)[C@@H](C)[C@@H]4CCC(=O)NCCCNc1ccccn1)c(C(=O)NCC(O)CO)c3C.[Pd+2]. The van der Waals surface area contributed by atoms with E-state index in [-0.39, 0.29) is 80.3 Å². The third kappa shape index (κ3) is 10.5. The van der Waals surface area contributed by atoms with Crippen LogP contribution in [0.4, 0.5) is 5.82 Å². The maximum atomic E-state index is 14.2. The van der Waals surface area contributed by atoms with E-state index in [0.29, 0.717) is 76.1 Å². The predicted molar refractivity (Wildman–Crippen MR) is 232 cm³/mol. The fourth-order valence-electron chi connectivity index (χ4n) is 8.42. The molecule has 0 saturated heterocycles. The van der Waals surface area contributed by atoms with E-state index < -0.39 is 30.5 Å². The van der Waals surface area contributed by atoms with Crippen molar-refractivity contribution in [3.63, 3.8) is 0 Å². The van der Waals surface area contributed by atoms with Crippen molar-refractivity contribution < 1.29 is 54.6 Å². The first-order chi connectivity index (χ1) is 29.3. The van der Waals surface area contributed by atoms with E-state index >= 15 is 0 Å². The van der Waals surface area contributed by atoms with Gasteiger partial charge in [0.25, 0.3) is 0 Å². The molecule has 4 aromatic heterocycles. The Morgan fingerprint density at radius 3 is 2.24 bits per heavy atom. The maximum absolute atomic E-state index is 14.2. The minimum Gasteiger partial charge on any atom is -0.657 e. The zero-order valence-electron chi connectivity index (χ0n) is 36.3. The molecule has 15 nitrogen and oxygen atoms in total. The van der Waals surface area contributed by atoms with Crippen molar-refractivity contribution in [3.05, 3.63) is 93.2 Å². The van der Waals surface area contributed by atoms with Crippen LogP contribution in [-0.2, 0) is 41.2 Å². The second-order valence-corrected chi connectivity index (χ2v) is 16.0. The number of aromatic nitrogens is 5. The van der Waals surface area contributed by atoms with Crippen molar-refractivity contribution in [1.29, 1.82) is 0 Å². The van der Waals surface area contributed by atoms with Crippen LogP contribution in [0.5, 0.6) is 0 Å². The van der Waals surface area contributed by atoms with Gasteiger partial charge < -0.3 is 40.9 Å². The van der Waals surface area contributed by atoms with Crippen LogP contribution < -0.4 is 25.9 Å². The average Bonchev–Trinajstić information content (AvgIpc) is 3.93. The predicted octanol–water partition coefficient (Wildman–Crippen LogP) is 5.17. The summed E-state index contributed by atoms with van der Waals surface area (Å²) >= 11 is 0. The van der Waals surface area contributed by atoms with Gasteiger partial charge in [-0.25, -0.2) is 4.98 Å². The van der Waals surface area contributed by atoms with Crippen LogP contribution in [0.25, 0.3) is 22.1 Å². The number of esters is 1. The molecule has 6 rings (SSSR count). The number of hydrogen-bond donors (Lipinski definition) is 5. The molecule has 8 bridgehead atoms. The molecule has 0 radical (unpaired) electrons. The van der Waals surface area contributed by atoms with Gasteiger partial charge in [0, 0.05) is 89.8 Å². The molecule has 0 spiro atoms. The van der Waals surface area contributed by atoms with Crippen molar-refractivity contribution in [2.75, 3.05) is 38.7 Å². The number of anilines is 1. The summed E-state index contributed by atoms with van der Waals surface area (Å²) in [7, 11) is 1.28. The van der Waals surface area contributed by atoms with E-state index in [0.717, 1.165) is 23.6 Å². The fraction of sp³-hybridized carbons (Fsp3) is 0.457. The van der Waals surface area contributed by atoms with E-state index in [1.807, 2.05) is 50.2 Å². The number of nitrogens with zero attached hydrogens (tertiary/aromatic N) is 5. The van der Waals surface area contributed by atoms with Gasteiger partial charge in [-0.1, -0.05) is 56.2 Å². The first-order valence-corrected chi connectivity index (χ1v) is 21.0. The number of aryl methyl sites for hydroxylation is 2. The summed E-state index contributed by atoms with van der Waals surface area (Å²) in [6.07, 6.45) is 2.15. The van der Waals surface area contributed by atoms with Crippen molar-refractivity contribution in [1.82, 2.24) is 35.6 Å². The summed E-state index contributed by atoms with van der Waals surface area (Å²) in [5.41, 5.74) is 6.67. The third-order valence-corrected chi connectivity index (χ3v) is 11.9. The van der Waals surface area contributed by atoms with Crippen LogP contribution >= 0.6 is 0 Å². The number of rotatable bonds is 16. The zero-order chi connectivity index (χ0) is 44.0. The fourth-order valence-corrected chi connectivity index (χ4v) is 8.42. The summed E-state index contributed by atoms with van der Waals surface area (Å²) in [6, 6.07) is 11.2. The Kier molecular flexibility index (Phi) is 16.3. The molecule has 2 amide bonds. The van der Waals surface area contributed by atoms with E-state index in [2.05, 4.69) is 34.8 Å². The topological polar surface area (TPSA) is 221 Å². The van der Waals surface area contributed by atoms with Gasteiger partial charge in [0.1, 0.15) is 5.82 Å². The molecular weight excluding hydrogens is 883 g/mol. The first kappa shape index (κ1) is 47.8. The van der Waals surface area contributed by atoms with Gasteiger partial charge in [-0.15, -0.1) is 22.1 Å². The maximum Gasteiger partial charge on any atom is 2.00 e. The minimum atomic E-state index is -1.20. The number of ketones is 1. The Labute approximate surface area is 375 Å². The second-order valence-electron chi connectivity index (χ2n) is 16.0. The molecule has 4 aromatic rings. The van der Waals surface area contributed by atoms with Gasteiger partial charge in [0.15, 0.2) is 5.78 Å². The van der Waals surface area contributed by atoms with Gasteiger partial charge in [-0.2, -0.15) is 0 Å².